The molecule has 0 fully saturated rings. The number of hydrogen-bond donors (Lipinski definition) is 0. The van der Waals surface area contributed by atoms with Crippen LogP contribution in [0.5, 0.6) is 11.6 Å². The van der Waals surface area contributed by atoms with Gasteiger partial charge in [0.25, 0.3) is 0 Å². The highest BCUT2D eigenvalue weighted by atomic mass is 35.5. The Bertz CT molecular complexity index is 537. The summed E-state index contributed by atoms with van der Waals surface area (Å²) < 4.78 is 15.9. The van der Waals surface area contributed by atoms with Gasteiger partial charge in [-0.25, -0.2) is 4.98 Å². The minimum absolute atomic E-state index is 0.289. The van der Waals surface area contributed by atoms with Crippen molar-refractivity contribution in [2.45, 2.75) is 6.61 Å². The van der Waals surface area contributed by atoms with Gasteiger partial charge in [0.05, 0.1) is 0 Å². The van der Waals surface area contributed by atoms with Gasteiger partial charge in [0.2, 0.25) is 5.88 Å². The van der Waals surface area contributed by atoms with E-state index in [4.69, 9.17) is 25.8 Å². The molecule has 0 amide bonds. The summed E-state index contributed by atoms with van der Waals surface area (Å²) in [5, 5.41) is 0.325. The van der Waals surface area contributed by atoms with Gasteiger partial charge in [-0.3, -0.25) is 0 Å². The van der Waals surface area contributed by atoms with E-state index in [0.29, 0.717) is 30.1 Å². The zero-order valence-corrected chi connectivity index (χ0v) is 11.8. The smallest absolute Gasteiger partial charge is 0.218 e. The van der Waals surface area contributed by atoms with Crippen LogP contribution in [0, 0.1) is 0 Å². The fourth-order valence-electron chi connectivity index (χ4n) is 1.53. The Kier molecular flexibility index (Phi) is 5.58. The van der Waals surface area contributed by atoms with Gasteiger partial charge in [0, 0.05) is 13.2 Å². The molecule has 0 spiro atoms. The summed E-state index contributed by atoms with van der Waals surface area (Å²) in [4.78, 5) is 8.19. The zero-order valence-electron chi connectivity index (χ0n) is 11.1. The van der Waals surface area contributed by atoms with Crippen LogP contribution in [0.2, 0.25) is 5.15 Å². The fourth-order valence-corrected chi connectivity index (χ4v) is 1.72. The van der Waals surface area contributed by atoms with Crippen LogP contribution in [-0.4, -0.2) is 30.3 Å². The van der Waals surface area contributed by atoms with Crippen LogP contribution in [-0.2, 0) is 11.3 Å². The molecule has 0 saturated carbocycles. The lowest BCUT2D eigenvalue weighted by Gasteiger charge is -2.08. The van der Waals surface area contributed by atoms with E-state index in [1.165, 1.54) is 0 Å². The van der Waals surface area contributed by atoms with E-state index in [1.807, 2.05) is 30.3 Å². The third-order valence-corrected chi connectivity index (χ3v) is 2.53. The molecule has 0 radical (unpaired) electrons. The number of para-hydroxylation sites is 1. The summed E-state index contributed by atoms with van der Waals surface area (Å²) in [6, 6.07) is 11.1. The van der Waals surface area contributed by atoms with E-state index in [9.17, 15) is 0 Å². The van der Waals surface area contributed by atoms with Gasteiger partial charge < -0.3 is 14.2 Å². The van der Waals surface area contributed by atoms with Crippen molar-refractivity contribution in [1.82, 2.24) is 9.97 Å². The minimum Gasteiger partial charge on any atom is -0.490 e. The third-order valence-electron chi connectivity index (χ3n) is 2.34. The maximum atomic E-state index is 5.88. The molecule has 0 saturated heterocycles. The number of aromatic nitrogens is 2. The van der Waals surface area contributed by atoms with Crippen molar-refractivity contribution in [2.75, 3.05) is 20.3 Å². The first-order valence-corrected chi connectivity index (χ1v) is 6.49. The lowest BCUT2D eigenvalue weighted by molar-refractivity contribution is 0.174. The molecule has 0 unspecified atom stereocenters. The number of halogens is 1. The van der Waals surface area contributed by atoms with Crippen LogP contribution in [0.25, 0.3) is 0 Å². The van der Waals surface area contributed by atoms with Crippen molar-refractivity contribution in [2.24, 2.45) is 0 Å². The van der Waals surface area contributed by atoms with Gasteiger partial charge in [0.1, 0.15) is 30.7 Å². The Balaban J connectivity index is 1.81. The largest absolute Gasteiger partial charge is 0.490 e. The molecular weight excluding hydrogens is 280 g/mol. The van der Waals surface area contributed by atoms with Crippen molar-refractivity contribution in [3.05, 3.63) is 47.4 Å². The van der Waals surface area contributed by atoms with Gasteiger partial charge in [-0.1, -0.05) is 29.8 Å². The number of benzene rings is 1. The van der Waals surface area contributed by atoms with E-state index in [0.717, 1.165) is 5.75 Å². The number of methoxy groups -OCH3 is 1. The molecule has 0 bridgehead atoms. The van der Waals surface area contributed by atoms with E-state index < -0.39 is 0 Å². The number of rotatable bonds is 7. The second-order valence-electron chi connectivity index (χ2n) is 3.89. The number of ether oxygens (including phenoxy) is 3. The highest BCUT2D eigenvalue weighted by Gasteiger charge is 2.04. The number of nitrogens with zero attached hydrogens (tertiary/aromatic N) is 2. The summed E-state index contributed by atoms with van der Waals surface area (Å²) in [7, 11) is 1.57. The Labute approximate surface area is 122 Å². The standard InChI is InChI=1S/C14H15ClN2O3/c1-18-10-13-16-12(15)9-14(17-13)20-8-7-19-11-5-3-2-4-6-11/h2-6,9H,7-8,10H2,1H3. The van der Waals surface area contributed by atoms with E-state index in [-0.39, 0.29) is 6.61 Å². The molecule has 0 aliphatic rings. The molecule has 1 aromatic carbocycles. The Morgan fingerprint density at radius 3 is 2.55 bits per heavy atom. The average Bonchev–Trinajstić information content (AvgIpc) is 2.45. The van der Waals surface area contributed by atoms with Crippen LogP contribution < -0.4 is 9.47 Å². The minimum atomic E-state index is 0.289. The summed E-state index contributed by atoms with van der Waals surface area (Å²) in [6.45, 7) is 1.08. The lowest BCUT2D eigenvalue weighted by atomic mass is 10.3. The van der Waals surface area contributed by atoms with Crippen LogP contribution in [0.3, 0.4) is 0 Å². The van der Waals surface area contributed by atoms with Gasteiger partial charge in [-0.15, -0.1) is 0 Å². The SMILES string of the molecule is COCc1nc(Cl)cc(OCCOc2ccccc2)n1. The second kappa shape index (κ2) is 7.67. The first kappa shape index (κ1) is 14.6. The van der Waals surface area contributed by atoms with Crippen LogP contribution >= 0.6 is 11.6 Å². The molecule has 0 aliphatic carbocycles. The first-order chi connectivity index (χ1) is 9.78. The Morgan fingerprint density at radius 2 is 1.80 bits per heavy atom. The van der Waals surface area contributed by atoms with Crippen molar-refractivity contribution in [3.8, 4) is 11.6 Å². The van der Waals surface area contributed by atoms with Crippen molar-refractivity contribution in [1.29, 1.82) is 0 Å². The van der Waals surface area contributed by atoms with Crippen LogP contribution in [0.4, 0.5) is 0 Å². The molecule has 20 heavy (non-hydrogen) atoms. The lowest BCUT2D eigenvalue weighted by Crippen LogP contribution is -2.10. The predicted molar refractivity (Wildman–Crippen MR) is 75.2 cm³/mol. The predicted octanol–water partition coefficient (Wildman–Crippen LogP) is 2.73. The summed E-state index contributed by atoms with van der Waals surface area (Å²) in [5.74, 6) is 1.70. The number of hydrogen-bond acceptors (Lipinski definition) is 5. The van der Waals surface area contributed by atoms with Gasteiger partial charge in [-0.2, -0.15) is 4.98 Å². The molecule has 6 heteroatoms. The molecule has 106 valence electrons. The quantitative estimate of drug-likeness (QED) is 0.580. The molecule has 0 N–H and O–H groups in total. The van der Waals surface area contributed by atoms with Crippen molar-refractivity contribution >= 4 is 11.6 Å². The molecular formula is C14H15ClN2O3. The molecule has 0 atom stereocenters. The van der Waals surface area contributed by atoms with Crippen LogP contribution in [0.15, 0.2) is 36.4 Å². The summed E-state index contributed by atoms with van der Waals surface area (Å²) in [6.07, 6.45) is 0. The first-order valence-electron chi connectivity index (χ1n) is 6.11. The molecule has 2 aromatic rings. The summed E-state index contributed by atoms with van der Waals surface area (Å²) >= 11 is 5.88. The van der Waals surface area contributed by atoms with E-state index in [2.05, 4.69) is 9.97 Å². The van der Waals surface area contributed by atoms with E-state index >= 15 is 0 Å². The Morgan fingerprint density at radius 1 is 1.05 bits per heavy atom. The third kappa shape index (κ3) is 4.68. The maximum Gasteiger partial charge on any atom is 0.218 e. The average molecular weight is 295 g/mol. The maximum absolute atomic E-state index is 5.88. The van der Waals surface area contributed by atoms with Gasteiger partial charge in [0.15, 0.2) is 5.82 Å². The zero-order chi connectivity index (χ0) is 14.2. The topological polar surface area (TPSA) is 53.5 Å². The molecule has 1 aromatic heterocycles. The summed E-state index contributed by atoms with van der Waals surface area (Å²) in [5.41, 5.74) is 0. The molecule has 2 rings (SSSR count). The fraction of sp³-hybridized carbons (Fsp3) is 0.286. The van der Waals surface area contributed by atoms with Crippen molar-refractivity contribution < 1.29 is 14.2 Å². The highest BCUT2D eigenvalue weighted by molar-refractivity contribution is 6.29. The molecule has 0 aliphatic heterocycles. The second-order valence-corrected chi connectivity index (χ2v) is 4.28. The van der Waals surface area contributed by atoms with Gasteiger partial charge in [-0.05, 0) is 12.1 Å². The molecule has 5 nitrogen and oxygen atoms in total. The Hall–Kier alpha value is -1.85. The van der Waals surface area contributed by atoms with E-state index in [1.54, 1.807) is 13.2 Å². The normalized spacial score (nSPS) is 10.3. The molecule has 1 heterocycles. The highest BCUT2D eigenvalue weighted by Crippen LogP contribution is 2.14. The monoisotopic (exact) mass is 294 g/mol. The van der Waals surface area contributed by atoms with Gasteiger partial charge >= 0.3 is 0 Å². The van der Waals surface area contributed by atoms with Crippen molar-refractivity contribution in [3.63, 3.8) is 0 Å². The van der Waals surface area contributed by atoms with Crippen LogP contribution in [0.1, 0.15) is 5.82 Å².